The number of hydrogen-bond acceptors (Lipinski definition) is 1. The van der Waals surface area contributed by atoms with Crippen molar-refractivity contribution in [2.45, 2.75) is 33.6 Å². The normalized spacial score (nSPS) is 14.7. The molecule has 1 N–H and O–H groups in total. The molecule has 0 saturated heterocycles. The molecule has 0 amide bonds. The lowest BCUT2D eigenvalue weighted by Crippen LogP contribution is -2.25. The van der Waals surface area contributed by atoms with Crippen LogP contribution in [0.2, 0.25) is 0 Å². The molecule has 2 atom stereocenters. The summed E-state index contributed by atoms with van der Waals surface area (Å²) in [6, 6.07) is 10.8. The average molecular weight is 219 g/mol. The molecule has 0 radical (unpaired) electrons. The lowest BCUT2D eigenvalue weighted by Gasteiger charge is -2.20. The molecule has 1 rings (SSSR count). The van der Waals surface area contributed by atoms with Crippen molar-refractivity contribution in [3.05, 3.63) is 35.9 Å². The summed E-state index contributed by atoms with van der Waals surface area (Å²) in [5.41, 5.74) is 1.46. The lowest BCUT2D eigenvalue weighted by atomic mass is 9.90. The van der Waals surface area contributed by atoms with Gasteiger partial charge in [0.1, 0.15) is 0 Å². The molecule has 0 heterocycles. The highest BCUT2D eigenvalue weighted by molar-refractivity contribution is 5.14. The average Bonchev–Trinajstić information content (AvgIpc) is 2.34. The van der Waals surface area contributed by atoms with Gasteiger partial charge in [0.2, 0.25) is 0 Å². The van der Waals surface area contributed by atoms with Crippen molar-refractivity contribution in [1.82, 2.24) is 5.32 Å². The van der Waals surface area contributed by atoms with Crippen LogP contribution >= 0.6 is 0 Å². The van der Waals surface area contributed by atoms with Gasteiger partial charge in [-0.25, -0.2) is 0 Å². The first-order valence-corrected chi connectivity index (χ1v) is 6.48. The molecule has 0 fully saturated rings. The first-order chi connectivity index (χ1) is 7.74. The van der Waals surface area contributed by atoms with E-state index in [9.17, 15) is 0 Å². The summed E-state index contributed by atoms with van der Waals surface area (Å²) >= 11 is 0. The Bertz CT molecular complexity index is 268. The van der Waals surface area contributed by atoms with Crippen LogP contribution < -0.4 is 5.32 Å². The minimum absolute atomic E-state index is 0.767. The van der Waals surface area contributed by atoms with Crippen molar-refractivity contribution in [1.29, 1.82) is 0 Å². The quantitative estimate of drug-likeness (QED) is 0.740. The fourth-order valence-electron chi connectivity index (χ4n) is 1.90. The zero-order chi connectivity index (χ0) is 11.8. The van der Waals surface area contributed by atoms with Crippen LogP contribution in [0.15, 0.2) is 30.3 Å². The van der Waals surface area contributed by atoms with Crippen LogP contribution in [0.5, 0.6) is 0 Å². The highest BCUT2D eigenvalue weighted by Gasteiger charge is 2.11. The Balaban J connectivity index is 2.26. The van der Waals surface area contributed by atoms with Crippen LogP contribution in [0.3, 0.4) is 0 Å². The smallest absolute Gasteiger partial charge is 0.00207 e. The molecule has 90 valence electrons. The largest absolute Gasteiger partial charge is 0.317 e. The van der Waals surface area contributed by atoms with Gasteiger partial charge >= 0.3 is 0 Å². The molecule has 0 aliphatic rings. The second-order valence-corrected chi connectivity index (χ2v) is 4.79. The lowest BCUT2D eigenvalue weighted by molar-refractivity contribution is 0.350. The van der Waals surface area contributed by atoms with E-state index in [2.05, 4.69) is 56.4 Å². The third-order valence-corrected chi connectivity index (χ3v) is 3.42. The van der Waals surface area contributed by atoms with Gasteiger partial charge in [0.15, 0.2) is 0 Å². The molecule has 0 saturated carbocycles. The van der Waals surface area contributed by atoms with Crippen molar-refractivity contribution < 1.29 is 0 Å². The molecule has 0 aliphatic carbocycles. The molecule has 16 heavy (non-hydrogen) atoms. The second kappa shape index (κ2) is 7.45. The summed E-state index contributed by atoms with van der Waals surface area (Å²) in [5.74, 6) is 1.56. The van der Waals surface area contributed by atoms with Crippen LogP contribution in [-0.4, -0.2) is 13.1 Å². The molecule has 0 aliphatic heterocycles. The van der Waals surface area contributed by atoms with Crippen molar-refractivity contribution >= 4 is 0 Å². The predicted octanol–water partition coefficient (Wildman–Crippen LogP) is 3.50. The van der Waals surface area contributed by atoms with E-state index in [1.165, 1.54) is 18.4 Å². The SMILES string of the molecule is CCNCC(C)C(C)CCc1ccccc1. The molecular formula is C15H25N. The maximum Gasteiger partial charge on any atom is -0.00207 e. The topological polar surface area (TPSA) is 12.0 Å². The number of aryl methyl sites for hydroxylation is 1. The van der Waals surface area contributed by atoms with Gasteiger partial charge in [0, 0.05) is 0 Å². The summed E-state index contributed by atoms with van der Waals surface area (Å²) < 4.78 is 0. The van der Waals surface area contributed by atoms with E-state index < -0.39 is 0 Å². The molecule has 1 nitrogen and oxygen atoms in total. The third kappa shape index (κ3) is 4.80. The standard InChI is InChI=1S/C15H25N/c1-4-16-12-14(3)13(2)10-11-15-8-6-5-7-9-15/h5-9,13-14,16H,4,10-12H2,1-3H3. The van der Waals surface area contributed by atoms with Gasteiger partial charge in [-0.3, -0.25) is 0 Å². The maximum atomic E-state index is 3.43. The van der Waals surface area contributed by atoms with Crippen molar-refractivity contribution in [3.8, 4) is 0 Å². The zero-order valence-electron chi connectivity index (χ0n) is 10.9. The van der Waals surface area contributed by atoms with Crippen LogP contribution in [0, 0.1) is 11.8 Å². The van der Waals surface area contributed by atoms with Crippen molar-refractivity contribution in [2.24, 2.45) is 11.8 Å². The third-order valence-electron chi connectivity index (χ3n) is 3.42. The summed E-state index contributed by atoms with van der Waals surface area (Å²) in [6.45, 7) is 9.10. The number of rotatable bonds is 7. The molecule has 1 aromatic rings. The zero-order valence-corrected chi connectivity index (χ0v) is 10.9. The minimum atomic E-state index is 0.767. The highest BCUT2D eigenvalue weighted by Crippen LogP contribution is 2.17. The summed E-state index contributed by atoms with van der Waals surface area (Å²) in [4.78, 5) is 0. The van der Waals surface area contributed by atoms with Gasteiger partial charge in [-0.15, -0.1) is 0 Å². The van der Waals surface area contributed by atoms with Crippen molar-refractivity contribution in [2.75, 3.05) is 13.1 Å². The predicted molar refractivity (Wildman–Crippen MR) is 71.6 cm³/mol. The van der Waals surface area contributed by atoms with E-state index in [1.54, 1.807) is 0 Å². The van der Waals surface area contributed by atoms with Gasteiger partial charge in [-0.2, -0.15) is 0 Å². The van der Waals surface area contributed by atoms with Gasteiger partial charge in [0.05, 0.1) is 0 Å². The highest BCUT2D eigenvalue weighted by atomic mass is 14.8. The number of benzene rings is 1. The van der Waals surface area contributed by atoms with E-state index in [1.807, 2.05) is 0 Å². The van der Waals surface area contributed by atoms with E-state index in [0.29, 0.717) is 0 Å². The molecule has 1 aromatic carbocycles. The second-order valence-electron chi connectivity index (χ2n) is 4.79. The first kappa shape index (κ1) is 13.2. The van der Waals surface area contributed by atoms with Crippen LogP contribution in [0.4, 0.5) is 0 Å². The van der Waals surface area contributed by atoms with E-state index >= 15 is 0 Å². The molecule has 0 spiro atoms. The van der Waals surface area contributed by atoms with Crippen molar-refractivity contribution in [3.63, 3.8) is 0 Å². The van der Waals surface area contributed by atoms with Gasteiger partial charge < -0.3 is 5.32 Å². The molecule has 0 bridgehead atoms. The fourth-order valence-corrected chi connectivity index (χ4v) is 1.90. The molecular weight excluding hydrogens is 194 g/mol. The van der Waals surface area contributed by atoms with Gasteiger partial charge in [0.25, 0.3) is 0 Å². The van der Waals surface area contributed by atoms with Crippen LogP contribution in [0.25, 0.3) is 0 Å². The molecule has 1 heteroatoms. The summed E-state index contributed by atoms with van der Waals surface area (Å²) in [7, 11) is 0. The van der Waals surface area contributed by atoms with E-state index in [-0.39, 0.29) is 0 Å². The van der Waals surface area contributed by atoms with E-state index in [4.69, 9.17) is 0 Å². The Kier molecular flexibility index (Phi) is 6.17. The Morgan fingerprint density at radius 2 is 1.75 bits per heavy atom. The van der Waals surface area contributed by atoms with Crippen LogP contribution in [0.1, 0.15) is 32.8 Å². The molecule has 2 unspecified atom stereocenters. The molecule has 0 aromatic heterocycles. The fraction of sp³-hybridized carbons (Fsp3) is 0.600. The van der Waals surface area contributed by atoms with Gasteiger partial charge in [-0.1, -0.05) is 51.1 Å². The van der Waals surface area contributed by atoms with Crippen LogP contribution in [-0.2, 0) is 6.42 Å². The Labute approximate surface area is 100 Å². The van der Waals surface area contributed by atoms with Gasteiger partial charge in [-0.05, 0) is 43.3 Å². The Hall–Kier alpha value is -0.820. The minimum Gasteiger partial charge on any atom is -0.317 e. The first-order valence-electron chi connectivity index (χ1n) is 6.48. The summed E-state index contributed by atoms with van der Waals surface area (Å²) in [6.07, 6.45) is 2.50. The monoisotopic (exact) mass is 219 g/mol. The summed E-state index contributed by atoms with van der Waals surface area (Å²) in [5, 5.41) is 3.43. The van der Waals surface area contributed by atoms with E-state index in [0.717, 1.165) is 24.9 Å². The Morgan fingerprint density at radius 1 is 1.06 bits per heavy atom. The Morgan fingerprint density at radius 3 is 2.38 bits per heavy atom. The number of hydrogen-bond donors (Lipinski definition) is 1. The maximum absolute atomic E-state index is 3.43. The number of nitrogens with one attached hydrogen (secondary N) is 1.